The van der Waals surface area contributed by atoms with E-state index in [0.29, 0.717) is 5.75 Å². The van der Waals surface area contributed by atoms with Gasteiger partial charge < -0.3 is 15.6 Å². The Bertz CT molecular complexity index is 441. The Morgan fingerprint density at radius 2 is 2.40 bits per heavy atom. The Morgan fingerprint density at radius 1 is 1.53 bits per heavy atom. The van der Waals surface area contributed by atoms with Gasteiger partial charge in [0.05, 0.1) is 11.7 Å². The standard InChI is InChI=1S/C10H13N3O2/c11-4-8(14)6-15-9-1-2-10-7(3-9)5-12-13-10/h1-3,5,8,14H,4,6,11H2,(H,12,13)/t8-/m0/s1. The van der Waals surface area contributed by atoms with E-state index in [9.17, 15) is 5.11 Å². The predicted octanol–water partition coefficient (Wildman–Crippen LogP) is 0.261. The molecule has 5 heteroatoms. The first-order valence-electron chi connectivity index (χ1n) is 4.73. The Kier molecular flexibility index (Phi) is 2.84. The highest BCUT2D eigenvalue weighted by molar-refractivity contribution is 5.79. The second kappa shape index (κ2) is 4.29. The van der Waals surface area contributed by atoms with E-state index in [4.69, 9.17) is 10.5 Å². The largest absolute Gasteiger partial charge is 0.491 e. The molecule has 0 aliphatic carbocycles. The van der Waals surface area contributed by atoms with E-state index in [1.165, 1.54) is 0 Å². The molecular formula is C10H13N3O2. The van der Waals surface area contributed by atoms with Crippen molar-refractivity contribution in [1.82, 2.24) is 10.2 Å². The number of H-pyrrole nitrogens is 1. The van der Waals surface area contributed by atoms with Crippen LogP contribution < -0.4 is 10.5 Å². The summed E-state index contributed by atoms with van der Waals surface area (Å²) >= 11 is 0. The van der Waals surface area contributed by atoms with Gasteiger partial charge in [-0.15, -0.1) is 0 Å². The molecule has 0 unspecified atom stereocenters. The number of rotatable bonds is 4. The fourth-order valence-electron chi connectivity index (χ4n) is 1.27. The predicted molar refractivity (Wildman–Crippen MR) is 56.6 cm³/mol. The first-order chi connectivity index (χ1) is 7.29. The van der Waals surface area contributed by atoms with Crippen molar-refractivity contribution in [2.45, 2.75) is 6.10 Å². The van der Waals surface area contributed by atoms with Crippen LogP contribution in [0.4, 0.5) is 0 Å². The van der Waals surface area contributed by atoms with Crippen LogP contribution in [0.1, 0.15) is 0 Å². The molecule has 0 saturated heterocycles. The lowest BCUT2D eigenvalue weighted by molar-refractivity contribution is 0.114. The van der Waals surface area contributed by atoms with Crippen molar-refractivity contribution in [2.75, 3.05) is 13.2 Å². The highest BCUT2D eigenvalue weighted by atomic mass is 16.5. The average Bonchev–Trinajstić information content (AvgIpc) is 2.72. The monoisotopic (exact) mass is 207 g/mol. The molecule has 0 bridgehead atoms. The van der Waals surface area contributed by atoms with Gasteiger partial charge in [0.1, 0.15) is 18.5 Å². The lowest BCUT2D eigenvalue weighted by Gasteiger charge is -2.09. The summed E-state index contributed by atoms with van der Waals surface area (Å²) in [6.45, 7) is 0.411. The minimum Gasteiger partial charge on any atom is -0.491 e. The van der Waals surface area contributed by atoms with Crippen LogP contribution in [-0.4, -0.2) is 34.6 Å². The van der Waals surface area contributed by atoms with Crippen molar-refractivity contribution < 1.29 is 9.84 Å². The SMILES string of the molecule is NC[C@H](O)COc1ccc2[nH]ncc2c1. The molecule has 5 nitrogen and oxygen atoms in total. The number of fused-ring (bicyclic) bond motifs is 1. The molecule has 1 aromatic carbocycles. The third-order valence-corrected chi connectivity index (χ3v) is 2.13. The quantitative estimate of drug-likeness (QED) is 0.671. The molecule has 0 aliphatic rings. The molecule has 0 aliphatic heterocycles. The molecule has 0 amide bonds. The first-order valence-corrected chi connectivity index (χ1v) is 4.73. The van der Waals surface area contributed by atoms with E-state index in [2.05, 4.69) is 10.2 Å². The third-order valence-electron chi connectivity index (χ3n) is 2.13. The maximum atomic E-state index is 9.22. The summed E-state index contributed by atoms with van der Waals surface area (Å²) in [6, 6.07) is 5.57. The number of hydrogen-bond acceptors (Lipinski definition) is 4. The minimum absolute atomic E-state index is 0.202. The highest BCUT2D eigenvalue weighted by Crippen LogP contribution is 2.18. The minimum atomic E-state index is -0.620. The van der Waals surface area contributed by atoms with Crippen LogP contribution in [0, 0.1) is 0 Å². The Balaban J connectivity index is 2.08. The summed E-state index contributed by atoms with van der Waals surface area (Å²) in [5, 5.41) is 17.0. The van der Waals surface area contributed by atoms with Gasteiger partial charge in [0.15, 0.2) is 0 Å². The van der Waals surface area contributed by atoms with Gasteiger partial charge in [0, 0.05) is 11.9 Å². The molecule has 1 atom stereocenters. The maximum Gasteiger partial charge on any atom is 0.120 e. The molecule has 80 valence electrons. The number of nitrogens with one attached hydrogen (secondary N) is 1. The van der Waals surface area contributed by atoms with Crippen molar-refractivity contribution in [3.05, 3.63) is 24.4 Å². The molecule has 0 fully saturated rings. The maximum absolute atomic E-state index is 9.22. The van der Waals surface area contributed by atoms with E-state index in [1.54, 1.807) is 6.20 Å². The molecule has 0 radical (unpaired) electrons. The number of aromatic nitrogens is 2. The number of aliphatic hydroxyl groups is 1. The molecule has 4 N–H and O–H groups in total. The lowest BCUT2D eigenvalue weighted by Crippen LogP contribution is -2.26. The van der Waals surface area contributed by atoms with E-state index in [1.807, 2.05) is 18.2 Å². The zero-order valence-corrected chi connectivity index (χ0v) is 8.18. The van der Waals surface area contributed by atoms with E-state index < -0.39 is 6.10 Å². The van der Waals surface area contributed by atoms with Gasteiger partial charge in [-0.05, 0) is 18.2 Å². The Morgan fingerprint density at radius 3 is 3.20 bits per heavy atom. The molecular weight excluding hydrogens is 194 g/mol. The zero-order valence-electron chi connectivity index (χ0n) is 8.18. The molecule has 2 rings (SSSR count). The van der Waals surface area contributed by atoms with Gasteiger partial charge in [0.2, 0.25) is 0 Å². The molecule has 2 aromatic rings. The summed E-state index contributed by atoms with van der Waals surface area (Å²) in [6.07, 6.45) is 1.10. The Labute approximate surface area is 86.9 Å². The summed E-state index contributed by atoms with van der Waals surface area (Å²) in [4.78, 5) is 0. The lowest BCUT2D eigenvalue weighted by atomic mass is 10.2. The molecule has 0 saturated carbocycles. The molecule has 1 heterocycles. The molecule has 15 heavy (non-hydrogen) atoms. The van der Waals surface area contributed by atoms with Crippen molar-refractivity contribution in [3.63, 3.8) is 0 Å². The van der Waals surface area contributed by atoms with Gasteiger partial charge in [-0.1, -0.05) is 0 Å². The number of hydrogen-bond donors (Lipinski definition) is 3. The molecule has 1 aromatic heterocycles. The van der Waals surface area contributed by atoms with Crippen molar-refractivity contribution >= 4 is 10.9 Å². The average molecular weight is 207 g/mol. The summed E-state index contributed by atoms with van der Waals surface area (Å²) in [5.74, 6) is 0.705. The number of aromatic amines is 1. The number of benzene rings is 1. The fourth-order valence-corrected chi connectivity index (χ4v) is 1.27. The smallest absolute Gasteiger partial charge is 0.120 e. The van der Waals surface area contributed by atoms with E-state index >= 15 is 0 Å². The van der Waals surface area contributed by atoms with Gasteiger partial charge >= 0.3 is 0 Å². The second-order valence-electron chi connectivity index (χ2n) is 3.32. The van der Waals surface area contributed by atoms with Crippen LogP contribution in [0.5, 0.6) is 5.75 Å². The van der Waals surface area contributed by atoms with Crippen molar-refractivity contribution in [2.24, 2.45) is 5.73 Å². The topological polar surface area (TPSA) is 84.2 Å². The van der Waals surface area contributed by atoms with Crippen LogP contribution in [0.2, 0.25) is 0 Å². The molecule has 0 spiro atoms. The highest BCUT2D eigenvalue weighted by Gasteiger charge is 2.03. The zero-order chi connectivity index (χ0) is 10.7. The Hall–Kier alpha value is -1.59. The normalized spacial score (nSPS) is 12.9. The van der Waals surface area contributed by atoms with Crippen LogP contribution in [0.3, 0.4) is 0 Å². The van der Waals surface area contributed by atoms with Crippen molar-refractivity contribution in [1.29, 1.82) is 0 Å². The van der Waals surface area contributed by atoms with Gasteiger partial charge in [-0.2, -0.15) is 5.10 Å². The van der Waals surface area contributed by atoms with E-state index in [0.717, 1.165) is 10.9 Å². The van der Waals surface area contributed by atoms with Crippen LogP contribution >= 0.6 is 0 Å². The summed E-state index contributed by atoms with van der Waals surface area (Å²) in [7, 11) is 0. The first kappa shape index (κ1) is 9.95. The third kappa shape index (κ3) is 2.26. The number of nitrogens with zero attached hydrogens (tertiary/aromatic N) is 1. The fraction of sp³-hybridized carbons (Fsp3) is 0.300. The summed E-state index contributed by atoms with van der Waals surface area (Å²) < 4.78 is 5.36. The number of aliphatic hydroxyl groups excluding tert-OH is 1. The van der Waals surface area contributed by atoms with Gasteiger partial charge in [0.25, 0.3) is 0 Å². The van der Waals surface area contributed by atoms with Crippen LogP contribution in [-0.2, 0) is 0 Å². The van der Waals surface area contributed by atoms with Crippen molar-refractivity contribution in [3.8, 4) is 5.75 Å². The number of nitrogens with two attached hydrogens (primary N) is 1. The van der Waals surface area contributed by atoms with Gasteiger partial charge in [-0.3, -0.25) is 5.10 Å². The van der Waals surface area contributed by atoms with E-state index in [-0.39, 0.29) is 13.2 Å². The second-order valence-corrected chi connectivity index (χ2v) is 3.32. The van der Waals surface area contributed by atoms with Gasteiger partial charge in [-0.25, -0.2) is 0 Å². The van der Waals surface area contributed by atoms with Crippen LogP contribution in [0.25, 0.3) is 10.9 Å². The van der Waals surface area contributed by atoms with Crippen LogP contribution in [0.15, 0.2) is 24.4 Å². The summed E-state index contributed by atoms with van der Waals surface area (Å²) in [5.41, 5.74) is 6.23. The number of ether oxygens (including phenoxy) is 1.